The summed E-state index contributed by atoms with van der Waals surface area (Å²) < 4.78 is 31.2. The van der Waals surface area contributed by atoms with Crippen molar-refractivity contribution in [1.82, 2.24) is 14.5 Å². The van der Waals surface area contributed by atoms with Crippen LogP contribution < -0.4 is 10.0 Å². The van der Waals surface area contributed by atoms with Crippen LogP contribution in [0.4, 0.5) is 5.82 Å². The molecule has 3 aromatic rings. The molecule has 0 bridgehead atoms. The summed E-state index contributed by atoms with van der Waals surface area (Å²) in [5.74, 6) is 0.752. The zero-order valence-electron chi connectivity index (χ0n) is 16.1. The molecular formula is C21H21ClN4O2S. The van der Waals surface area contributed by atoms with Crippen molar-refractivity contribution < 1.29 is 8.42 Å². The Balaban J connectivity index is 1.77. The highest BCUT2D eigenvalue weighted by Gasteiger charge is 2.36. The average molecular weight is 429 g/mol. The van der Waals surface area contributed by atoms with Crippen LogP contribution in [-0.2, 0) is 16.6 Å². The van der Waals surface area contributed by atoms with E-state index in [-0.39, 0.29) is 11.4 Å². The van der Waals surface area contributed by atoms with Crippen LogP contribution in [-0.4, -0.2) is 18.2 Å². The molecule has 0 radical (unpaired) electrons. The lowest BCUT2D eigenvalue weighted by molar-refractivity contribution is 0.554. The van der Waals surface area contributed by atoms with Crippen LogP contribution in [0.25, 0.3) is 0 Å². The number of allylic oxidation sites excluding steroid dienone is 2. The van der Waals surface area contributed by atoms with Crippen LogP contribution in [0.1, 0.15) is 29.8 Å². The van der Waals surface area contributed by atoms with Gasteiger partial charge in [0, 0.05) is 23.3 Å². The zero-order chi connectivity index (χ0) is 20.6. The maximum Gasteiger partial charge on any atom is 0.241 e. The lowest BCUT2D eigenvalue weighted by Gasteiger charge is -2.30. The van der Waals surface area contributed by atoms with Crippen molar-refractivity contribution in [3.63, 3.8) is 0 Å². The molecule has 1 unspecified atom stereocenters. The number of nitrogens with one attached hydrogen (secondary N) is 2. The van der Waals surface area contributed by atoms with E-state index in [1.165, 1.54) is 0 Å². The molecule has 2 heterocycles. The first-order chi connectivity index (χ1) is 13.8. The monoisotopic (exact) mass is 428 g/mol. The molecule has 6 nitrogen and oxygen atoms in total. The first-order valence-electron chi connectivity index (χ1n) is 9.18. The quantitative estimate of drug-likeness (QED) is 0.638. The molecule has 0 spiro atoms. The summed E-state index contributed by atoms with van der Waals surface area (Å²) in [5, 5.41) is 8.31. The highest BCUT2D eigenvalue weighted by molar-refractivity contribution is 7.93. The molecule has 0 fully saturated rings. The van der Waals surface area contributed by atoms with Gasteiger partial charge >= 0.3 is 0 Å². The average Bonchev–Trinajstić information content (AvgIpc) is 3.06. The number of hydrogen-bond donors (Lipinski definition) is 2. The van der Waals surface area contributed by atoms with E-state index in [1.54, 1.807) is 23.7 Å². The van der Waals surface area contributed by atoms with E-state index in [9.17, 15) is 8.42 Å². The summed E-state index contributed by atoms with van der Waals surface area (Å²) in [6.07, 6.45) is 0. The third kappa shape index (κ3) is 3.94. The molecule has 2 N–H and O–H groups in total. The van der Waals surface area contributed by atoms with E-state index in [1.807, 2.05) is 55.5 Å². The number of sulfonamides is 1. The zero-order valence-corrected chi connectivity index (χ0v) is 17.6. The maximum absolute atomic E-state index is 13.4. The molecule has 0 amide bonds. The van der Waals surface area contributed by atoms with Crippen LogP contribution >= 0.6 is 11.6 Å². The van der Waals surface area contributed by atoms with Gasteiger partial charge in [-0.2, -0.15) is 5.10 Å². The number of nitrogens with zero attached hydrogens (tertiary/aromatic N) is 2. The number of halogens is 1. The van der Waals surface area contributed by atoms with Gasteiger partial charge in [-0.1, -0.05) is 54.1 Å². The molecule has 1 aliphatic heterocycles. The fourth-order valence-corrected chi connectivity index (χ4v) is 5.14. The van der Waals surface area contributed by atoms with Crippen molar-refractivity contribution in [3.8, 4) is 0 Å². The summed E-state index contributed by atoms with van der Waals surface area (Å²) in [5.41, 5.74) is 3.05. The minimum Gasteiger partial charge on any atom is -0.343 e. The molecule has 2 aromatic carbocycles. The van der Waals surface area contributed by atoms with Crippen molar-refractivity contribution in [3.05, 3.63) is 93.1 Å². The van der Waals surface area contributed by atoms with Gasteiger partial charge in [0.05, 0.1) is 5.69 Å². The normalized spacial score (nSPS) is 16.4. The summed E-state index contributed by atoms with van der Waals surface area (Å²) in [6.45, 7) is 3.85. The maximum atomic E-state index is 13.4. The third-order valence-electron chi connectivity index (χ3n) is 4.82. The smallest absolute Gasteiger partial charge is 0.241 e. The Morgan fingerprint density at radius 1 is 1.10 bits per heavy atom. The Labute approximate surface area is 175 Å². The van der Waals surface area contributed by atoms with Crippen molar-refractivity contribution in [2.24, 2.45) is 0 Å². The standard InChI is InChI=1S/C21H21ClN4O2S/c1-14-12-19-24-15(2)21(29(27,28)23-13-16-6-4-3-5-7-16)20(26(19)25-14)17-8-10-18(22)11-9-17/h3-12,20,23-24H,13H2,1-2H3. The number of anilines is 1. The van der Waals surface area contributed by atoms with Crippen LogP contribution in [0.3, 0.4) is 0 Å². The van der Waals surface area contributed by atoms with Gasteiger partial charge in [0.2, 0.25) is 10.0 Å². The third-order valence-corrected chi connectivity index (χ3v) is 6.71. The molecule has 150 valence electrons. The fourth-order valence-electron chi connectivity index (χ4n) is 3.51. The Morgan fingerprint density at radius 2 is 1.79 bits per heavy atom. The fraction of sp³-hybridized carbons (Fsp3) is 0.190. The molecule has 0 aliphatic carbocycles. The molecule has 8 heteroatoms. The van der Waals surface area contributed by atoms with Crippen molar-refractivity contribution in [2.45, 2.75) is 26.4 Å². The number of rotatable bonds is 5. The van der Waals surface area contributed by atoms with Gasteiger partial charge in [0.25, 0.3) is 0 Å². The lowest BCUT2D eigenvalue weighted by atomic mass is 10.0. The van der Waals surface area contributed by atoms with Gasteiger partial charge in [0.15, 0.2) is 0 Å². The molecule has 0 saturated carbocycles. The predicted octanol–water partition coefficient (Wildman–Crippen LogP) is 4.21. The summed E-state index contributed by atoms with van der Waals surface area (Å²) >= 11 is 6.05. The topological polar surface area (TPSA) is 76.0 Å². The first kappa shape index (κ1) is 19.7. The van der Waals surface area contributed by atoms with Crippen LogP contribution in [0.15, 0.2) is 71.3 Å². The second-order valence-electron chi connectivity index (χ2n) is 6.99. The molecule has 1 aliphatic rings. The van der Waals surface area contributed by atoms with Gasteiger partial charge in [-0.15, -0.1) is 0 Å². The van der Waals surface area contributed by atoms with E-state index >= 15 is 0 Å². The molecule has 1 atom stereocenters. The predicted molar refractivity (Wildman–Crippen MR) is 115 cm³/mol. The second-order valence-corrected chi connectivity index (χ2v) is 9.17. The molecule has 1 aromatic heterocycles. The number of benzene rings is 2. The Bertz CT molecular complexity index is 1170. The largest absolute Gasteiger partial charge is 0.343 e. The minimum absolute atomic E-state index is 0.207. The number of fused-ring (bicyclic) bond motifs is 1. The Morgan fingerprint density at radius 3 is 2.48 bits per heavy atom. The highest BCUT2D eigenvalue weighted by Crippen LogP contribution is 2.38. The van der Waals surface area contributed by atoms with Crippen molar-refractivity contribution in [2.75, 3.05) is 5.32 Å². The molecular weight excluding hydrogens is 408 g/mol. The van der Waals surface area contributed by atoms with E-state index in [0.29, 0.717) is 10.7 Å². The summed E-state index contributed by atoms with van der Waals surface area (Å²) in [6, 6.07) is 17.9. The van der Waals surface area contributed by atoms with E-state index < -0.39 is 16.1 Å². The lowest BCUT2D eigenvalue weighted by Crippen LogP contribution is -2.34. The number of hydrogen-bond acceptors (Lipinski definition) is 4. The number of aryl methyl sites for hydroxylation is 1. The van der Waals surface area contributed by atoms with Gasteiger partial charge in [-0.3, -0.25) is 0 Å². The summed E-state index contributed by atoms with van der Waals surface area (Å²) in [7, 11) is -3.80. The van der Waals surface area contributed by atoms with Crippen LogP contribution in [0.2, 0.25) is 5.02 Å². The van der Waals surface area contributed by atoms with Gasteiger partial charge in [-0.05, 0) is 37.1 Å². The molecule has 29 heavy (non-hydrogen) atoms. The van der Waals surface area contributed by atoms with Gasteiger partial charge < -0.3 is 5.32 Å². The Kier molecular flexibility index (Phi) is 5.21. The molecule has 0 saturated heterocycles. The van der Waals surface area contributed by atoms with E-state index in [0.717, 1.165) is 22.6 Å². The van der Waals surface area contributed by atoms with E-state index in [2.05, 4.69) is 15.1 Å². The SMILES string of the molecule is CC1=C(S(=O)(=O)NCc2ccccc2)C(c2ccc(Cl)cc2)n2nc(C)cc2N1. The minimum atomic E-state index is -3.80. The summed E-state index contributed by atoms with van der Waals surface area (Å²) in [4.78, 5) is 0.242. The number of aromatic nitrogens is 2. The van der Waals surface area contributed by atoms with Crippen molar-refractivity contribution in [1.29, 1.82) is 0 Å². The van der Waals surface area contributed by atoms with Gasteiger partial charge in [0.1, 0.15) is 16.8 Å². The molecule has 4 rings (SSSR count). The van der Waals surface area contributed by atoms with E-state index in [4.69, 9.17) is 11.6 Å². The van der Waals surface area contributed by atoms with Crippen LogP contribution in [0.5, 0.6) is 0 Å². The van der Waals surface area contributed by atoms with Crippen LogP contribution in [0, 0.1) is 6.92 Å². The first-order valence-corrected chi connectivity index (χ1v) is 11.0. The highest BCUT2D eigenvalue weighted by atomic mass is 35.5. The second kappa shape index (κ2) is 7.67. The van der Waals surface area contributed by atoms with Crippen molar-refractivity contribution >= 4 is 27.4 Å². The Hall–Kier alpha value is -2.61. The van der Waals surface area contributed by atoms with Gasteiger partial charge in [-0.25, -0.2) is 17.8 Å².